The van der Waals surface area contributed by atoms with E-state index in [4.69, 9.17) is 0 Å². The van der Waals surface area contributed by atoms with E-state index in [0.29, 0.717) is 0 Å². The molecule has 1 aliphatic heterocycles. The number of amides is 1. The summed E-state index contributed by atoms with van der Waals surface area (Å²) in [5.74, 6) is -0.0417. The first-order chi connectivity index (χ1) is 8.83. The monoisotopic (exact) mass is 294 g/mol. The summed E-state index contributed by atoms with van der Waals surface area (Å²) in [5.41, 5.74) is 4.06. The minimum Gasteiger partial charge on any atom is -0.385 e. The first-order valence-corrected chi connectivity index (χ1v) is 6.97. The fourth-order valence-corrected chi connectivity index (χ4v) is 2.79. The maximum atomic E-state index is 11.9. The summed E-state index contributed by atoms with van der Waals surface area (Å²) in [4.78, 5) is 11.9. The Morgan fingerprint density at radius 1 is 1.32 bits per heavy atom. The molecule has 3 nitrogen and oxygen atoms in total. The van der Waals surface area contributed by atoms with E-state index in [1.165, 1.54) is 22.6 Å². The highest BCUT2D eigenvalue weighted by molar-refractivity contribution is 7.08. The number of aryl methyl sites for hydroxylation is 1. The van der Waals surface area contributed by atoms with E-state index in [-0.39, 0.29) is 18.3 Å². The molecule has 100 valence electrons. The van der Waals surface area contributed by atoms with Crippen molar-refractivity contribution >= 4 is 41.0 Å². The predicted molar refractivity (Wildman–Crippen MR) is 82.8 cm³/mol. The molecule has 1 aromatic heterocycles. The Morgan fingerprint density at radius 2 is 2.21 bits per heavy atom. The third kappa shape index (κ3) is 3.08. The van der Waals surface area contributed by atoms with Crippen LogP contribution in [0.3, 0.4) is 0 Å². The van der Waals surface area contributed by atoms with Crippen LogP contribution in [0.25, 0.3) is 0 Å². The first-order valence-electron chi connectivity index (χ1n) is 6.03. The minimum atomic E-state index is -0.0417. The van der Waals surface area contributed by atoms with Crippen LogP contribution in [0.4, 0.5) is 11.4 Å². The highest BCUT2D eigenvalue weighted by Crippen LogP contribution is 2.25. The molecule has 19 heavy (non-hydrogen) atoms. The summed E-state index contributed by atoms with van der Waals surface area (Å²) in [6.07, 6.45) is 2.22. The summed E-state index contributed by atoms with van der Waals surface area (Å²) in [7, 11) is 0. The van der Waals surface area contributed by atoms with Crippen molar-refractivity contribution in [2.45, 2.75) is 12.8 Å². The van der Waals surface area contributed by atoms with Crippen LogP contribution in [-0.2, 0) is 6.42 Å². The molecule has 1 aliphatic rings. The molecule has 2 heterocycles. The number of hydrogen-bond acceptors (Lipinski definition) is 3. The van der Waals surface area contributed by atoms with E-state index in [9.17, 15) is 4.79 Å². The zero-order valence-electron chi connectivity index (χ0n) is 10.3. The van der Waals surface area contributed by atoms with Gasteiger partial charge in [0.2, 0.25) is 0 Å². The number of thiophene rings is 1. The van der Waals surface area contributed by atoms with Crippen LogP contribution in [0.1, 0.15) is 22.3 Å². The molecule has 0 saturated heterocycles. The lowest BCUT2D eigenvalue weighted by Gasteiger charge is -2.18. The number of carbonyl (C=O) groups excluding carboxylic acids is 1. The van der Waals surface area contributed by atoms with Gasteiger partial charge in [-0.3, -0.25) is 4.79 Å². The first kappa shape index (κ1) is 13.9. The van der Waals surface area contributed by atoms with Crippen molar-refractivity contribution in [3.05, 3.63) is 46.2 Å². The molecule has 2 aromatic rings. The van der Waals surface area contributed by atoms with Gasteiger partial charge in [-0.15, -0.1) is 12.4 Å². The Labute approximate surface area is 122 Å². The molecule has 0 spiro atoms. The van der Waals surface area contributed by atoms with E-state index in [0.717, 1.165) is 30.6 Å². The highest BCUT2D eigenvalue weighted by atomic mass is 35.5. The van der Waals surface area contributed by atoms with Crippen molar-refractivity contribution < 1.29 is 4.79 Å². The van der Waals surface area contributed by atoms with Gasteiger partial charge in [-0.1, -0.05) is 0 Å². The fourth-order valence-electron chi connectivity index (χ4n) is 2.15. The van der Waals surface area contributed by atoms with Gasteiger partial charge in [0.25, 0.3) is 5.91 Å². The number of rotatable bonds is 2. The lowest BCUT2D eigenvalue weighted by atomic mass is 10.0. The normalized spacial score (nSPS) is 12.8. The molecule has 0 saturated carbocycles. The van der Waals surface area contributed by atoms with Crippen LogP contribution in [0, 0.1) is 0 Å². The Hall–Kier alpha value is -1.52. The molecule has 1 aromatic carbocycles. The summed E-state index contributed by atoms with van der Waals surface area (Å²) < 4.78 is 0. The summed E-state index contributed by atoms with van der Waals surface area (Å²) in [6, 6.07) is 7.88. The van der Waals surface area contributed by atoms with E-state index in [1.54, 1.807) is 0 Å². The Kier molecular flexibility index (Phi) is 4.45. The largest absolute Gasteiger partial charge is 0.385 e. The zero-order chi connectivity index (χ0) is 12.4. The Morgan fingerprint density at radius 3 is 3.00 bits per heavy atom. The van der Waals surface area contributed by atoms with Gasteiger partial charge in [-0.25, -0.2) is 0 Å². The number of carbonyl (C=O) groups is 1. The van der Waals surface area contributed by atoms with Crippen LogP contribution in [-0.4, -0.2) is 12.5 Å². The zero-order valence-corrected chi connectivity index (χ0v) is 11.9. The topological polar surface area (TPSA) is 41.1 Å². The second kappa shape index (κ2) is 6.08. The molecule has 0 bridgehead atoms. The molecular weight excluding hydrogens is 280 g/mol. The maximum absolute atomic E-state index is 11.9. The van der Waals surface area contributed by atoms with E-state index >= 15 is 0 Å². The van der Waals surface area contributed by atoms with Crippen LogP contribution in [0.5, 0.6) is 0 Å². The standard InChI is InChI=1S/C14H14N2OS.ClH/c17-14(11-5-7-18-9-11)16-12-3-4-13-10(8-12)2-1-6-15-13;/h3-5,7-9,15H,1-2,6H2,(H,16,17);1H. The number of hydrogen-bond donors (Lipinski definition) is 2. The summed E-state index contributed by atoms with van der Waals surface area (Å²) in [5, 5.41) is 10.1. The average molecular weight is 295 g/mol. The number of anilines is 2. The number of nitrogens with one attached hydrogen (secondary N) is 2. The lowest BCUT2D eigenvalue weighted by molar-refractivity contribution is 0.102. The van der Waals surface area contributed by atoms with E-state index < -0.39 is 0 Å². The number of benzene rings is 1. The van der Waals surface area contributed by atoms with E-state index in [1.807, 2.05) is 29.0 Å². The van der Waals surface area contributed by atoms with Gasteiger partial charge in [-0.05, 0) is 48.1 Å². The molecule has 0 unspecified atom stereocenters. The van der Waals surface area contributed by atoms with Gasteiger partial charge < -0.3 is 10.6 Å². The van der Waals surface area contributed by atoms with Crippen molar-refractivity contribution in [2.24, 2.45) is 0 Å². The molecule has 0 fully saturated rings. The molecule has 0 atom stereocenters. The smallest absolute Gasteiger partial charge is 0.256 e. The van der Waals surface area contributed by atoms with E-state index in [2.05, 4.69) is 16.7 Å². The van der Waals surface area contributed by atoms with Crippen molar-refractivity contribution in [1.82, 2.24) is 0 Å². The number of halogens is 1. The number of fused-ring (bicyclic) bond motifs is 1. The lowest BCUT2D eigenvalue weighted by Crippen LogP contribution is -2.14. The SMILES string of the molecule is Cl.O=C(Nc1ccc2c(c1)CCCN2)c1ccsc1. The molecule has 5 heteroatoms. The molecule has 3 rings (SSSR count). The van der Waals surface area contributed by atoms with Crippen LogP contribution >= 0.6 is 23.7 Å². The summed E-state index contributed by atoms with van der Waals surface area (Å²) >= 11 is 1.53. The van der Waals surface area contributed by atoms with Crippen molar-refractivity contribution in [2.75, 3.05) is 17.2 Å². The van der Waals surface area contributed by atoms with Gasteiger partial charge in [0.1, 0.15) is 0 Å². The third-order valence-electron chi connectivity index (χ3n) is 3.08. The van der Waals surface area contributed by atoms with Gasteiger partial charge in [0.05, 0.1) is 5.56 Å². The molecule has 1 amide bonds. The fraction of sp³-hybridized carbons (Fsp3) is 0.214. The van der Waals surface area contributed by atoms with Crippen molar-refractivity contribution in [3.63, 3.8) is 0 Å². The molecule has 0 aliphatic carbocycles. The summed E-state index contributed by atoms with van der Waals surface area (Å²) in [6.45, 7) is 1.04. The Balaban J connectivity index is 0.00000133. The van der Waals surface area contributed by atoms with Crippen LogP contribution < -0.4 is 10.6 Å². The van der Waals surface area contributed by atoms with Crippen LogP contribution in [0.15, 0.2) is 35.0 Å². The Bertz CT molecular complexity index is 569. The van der Waals surface area contributed by atoms with Crippen molar-refractivity contribution in [1.29, 1.82) is 0 Å². The third-order valence-corrected chi connectivity index (χ3v) is 3.77. The maximum Gasteiger partial charge on any atom is 0.256 e. The highest BCUT2D eigenvalue weighted by Gasteiger charge is 2.11. The predicted octanol–water partition coefficient (Wildman–Crippen LogP) is 3.78. The molecule has 2 N–H and O–H groups in total. The van der Waals surface area contributed by atoms with Crippen LogP contribution in [0.2, 0.25) is 0 Å². The van der Waals surface area contributed by atoms with Gasteiger partial charge in [0, 0.05) is 23.3 Å². The van der Waals surface area contributed by atoms with Crippen molar-refractivity contribution in [3.8, 4) is 0 Å². The van der Waals surface area contributed by atoms with Gasteiger partial charge in [0.15, 0.2) is 0 Å². The van der Waals surface area contributed by atoms with Gasteiger partial charge >= 0.3 is 0 Å². The molecular formula is C14H15ClN2OS. The molecule has 0 radical (unpaired) electrons. The minimum absolute atomic E-state index is 0. The second-order valence-corrected chi connectivity index (χ2v) is 5.15. The average Bonchev–Trinajstić information content (AvgIpc) is 2.92. The quantitative estimate of drug-likeness (QED) is 0.885. The van der Waals surface area contributed by atoms with Gasteiger partial charge in [-0.2, -0.15) is 11.3 Å². The second-order valence-electron chi connectivity index (χ2n) is 4.37.